The lowest BCUT2D eigenvalue weighted by Crippen LogP contribution is -2.45. The predicted molar refractivity (Wildman–Crippen MR) is 91.8 cm³/mol. The third-order valence-electron chi connectivity index (χ3n) is 5.73. The van der Waals surface area contributed by atoms with Crippen LogP contribution in [0.4, 0.5) is 0 Å². The molecule has 2 amide bonds. The van der Waals surface area contributed by atoms with E-state index in [0.717, 1.165) is 12.8 Å². The highest BCUT2D eigenvalue weighted by Gasteiger charge is 2.54. The van der Waals surface area contributed by atoms with Gasteiger partial charge in [0.25, 0.3) is 11.8 Å². The molecule has 2 aliphatic heterocycles. The monoisotopic (exact) mass is 358 g/mol. The molecule has 3 fully saturated rings. The van der Waals surface area contributed by atoms with E-state index in [1.54, 1.807) is 29.2 Å². The summed E-state index contributed by atoms with van der Waals surface area (Å²) in [6, 6.07) is 6.84. The van der Waals surface area contributed by atoms with Gasteiger partial charge in [-0.15, -0.1) is 0 Å². The Labute approximate surface area is 151 Å². The number of carbonyl (C=O) groups excluding carboxylic acids is 2. The Bertz CT molecular complexity index is 743. The van der Waals surface area contributed by atoms with Crippen molar-refractivity contribution in [2.75, 3.05) is 26.3 Å². The van der Waals surface area contributed by atoms with E-state index in [4.69, 9.17) is 4.74 Å². The number of benzene rings is 1. The van der Waals surface area contributed by atoms with Gasteiger partial charge in [-0.25, -0.2) is 0 Å². The fourth-order valence-corrected chi connectivity index (χ4v) is 3.90. The summed E-state index contributed by atoms with van der Waals surface area (Å²) in [7, 11) is 0. The average molecular weight is 358 g/mol. The van der Waals surface area contributed by atoms with Gasteiger partial charge >= 0.3 is 5.97 Å². The SMILES string of the molecule is O=C(NC1CC1)c1ccc(C(=O)N2C[C@H]3COCC[C@@]3(C(=O)O)C2)cc1. The molecule has 0 spiro atoms. The molecule has 0 bridgehead atoms. The maximum absolute atomic E-state index is 12.8. The third-order valence-corrected chi connectivity index (χ3v) is 5.73. The average Bonchev–Trinajstić information content (AvgIpc) is 3.36. The van der Waals surface area contributed by atoms with Crippen molar-refractivity contribution in [3.05, 3.63) is 35.4 Å². The van der Waals surface area contributed by atoms with E-state index in [9.17, 15) is 19.5 Å². The second-order valence-corrected chi connectivity index (χ2v) is 7.49. The molecule has 1 aliphatic carbocycles. The van der Waals surface area contributed by atoms with Crippen LogP contribution >= 0.6 is 0 Å². The van der Waals surface area contributed by atoms with Crippen LogP contribution in [0, 0.1) is 11.3 Å². The van der Waals surface area contributed by atoms with Crippen LogP contribution in [-0.4, -0.2) is 60.1 Å². The molecule has 2 saturated heterocycles. The molecular formula is C19H22N2O5. The summed E-state index contributed by atoms with van der Waals surface area (Å²) in [6.07, 6.45) is 2.47. The molecule has 2 N–H and O–H groups in total. The maximum Gasteiger partial charge on any atom is 0.311 e. The second kappa shape index (κ2) is 6.39. The quantitative estimate of drug-likeness (QED) is 0.842. The lowest BCUT2D eigenvalue weighted by atomic mass is 9.74. The lowest BCUT2D eigenvalue weighted by Gasteiger charge is -2.33. The molecule has 4 rings (SSSR count). The normalized spacial score (nSPS) is 27.7. The first kappa shape index (κ1) is 17.0. The van der Waals surface area contributed by atoms with E-state index >= 15 is 0 Å². The number of carboxylic acid groups (broad SMARTS) is 1. The number of rotatable bonds is 4. The lowest BCUT2D eigenvalue weighted by molar-refractivity contribution is -0.157. The minimum Gasteiger partial charge on any atom is -0.481 e. The fraction of sp³-hybridized carbons (Fsp3) is 0.526. The largest absolute Gasteiger partial charge is 0.481 e. The van der Waals surface area contributed by atoms with Crippen LogP contribution in [0.5, 0.6) is 0 Å². The molecule has 1 aromatic carbocycles. The zero-order valence-electron chi connectivity index (χ0n) is 14.4. The summed E-state index contributed by atoms with van der Waals surface area (Å²) in [6.45, 7) is 1.38. The molecule has 0 aromatic heterocycles. The Hall–Kier alpha value is -2.41. The highest BCUT2D eigenvalue weighted by Crippen LogP contribution is 2.42. The van der Waals surface area contributed by atoms with Crippen molar-refractivity contribution in [3.63, 3.8) is 0 Å². The van der Waals surface area contributed by atoms with Crippen LogP contribution in [0.1, 0.15) is 40.0 Å². The minimum atomic E-state index is -0.905. The van der Waals surface area contributed by atoms with E-state index in [1.165, 1.54) is 0 Å². The standard InChI is InChI=1S/C19H22N2O5/c22-16(20-15-5-6-15)12-1-3-13(4-2-12)17(23)21-9-14-10-26-8-7-19(14,11-21)18(24)25/h1-4,14-15H,5-11H2,(H,20,22)(H,24,25)/t14-,19+/m0/s1. The molecule has 0 radical (unpaired) electrons. The van der Waals surface area contributed by atoms with Gasteiger partial charge in [0.2, 0.25) is 0 Å². The smallest absolute Gasteiger partial charge is 0.311 e. The van der Waals surface area contributed by atoms with Crippen molar-refractivity contribution in [2.45, 2.75) is 25.3 Å². The van der Waals surface area contributed by atoms with Gasteiger partial charge in [0.1, 0.15) is 0 Å². The predicted octanol–water partition coefficient (Wildman–Crippen LogP) is 1.14. The summed E-state index contributed by atoms with van der Waals surface area (Å²) < 4.78 is 5.43. The zero-order valence-corrected chi connectivity index (χ0v) is 14.4. The molecule has 3 aliphatic rings. The number of nitrogens with one attached hydrogen (secondary N) is 1. The van der Waals surface area contributed by atoms with E-state index in [1.807, 2.05) is 0 Å². The van der Waals surface area contributed by atoms with Crippen molar-refractivity contribution in [1.29, 1.82) is 0 Å². The van der Waals surface area contributed by atoms with Gasteiger partial charge in [0.15, 0.2) is 0 Å². The Morgan fingerprint density at radius 1 is 1.15 bits per heavy atom. The first-order chi connectivity index (χ1) is 12.5. The van der Waals surface area contributed by atoms with Crippen molar-refractivity contribution in [3.8, 4) is 0 Å². The van der Waals surface area contributed by atoms with Gasteiger partial charge in [0.05, 0.1) is 12.0 Å². The van der Waals surface area contributed by atoms with Gasteiger partial charge in [-0.2, -0.15) is 0 Å². The van der Waals surface area contributed by atoms with Crippen LogP contribution in [0.15, 0.2) is 24.3 Å². The molecule has 2 heterocycles. The Kier molecular flexibility index (Phi) is 4.19. The first-order valence-electron chi connectivity index (χ1n) is 9.01. The number of carboxylic acids is 1. The summed E-state index contributed by atoms with van der Waals surface area (Å²) >= 11 is 0. The molecule has 26 heavy (non-hydrogen) atoms. The van der Waals surface area contributed by atoms with Crippen LogP contribution < -0.4 is 5.32 Å². The Balaban J connectivity index is 1.47. The summed E-state index contributed by atoms with van der Waals surface area (Å²) in [5.41, 5.74) is 0.0879. The van der Waals surface area contributed by atoms with E-state index in [-0.39, 0.29) is 30.3 Å². The molecule has 2 atom stereocenters. The molecular weight excluding hydrogens is 336 g/mol. The van der Waals surface area contributed by atoms with Gasteiger partial charge in [-0.1, -0.05) is 0 Å². The van der Waals surface area contributed by atoms with Crippen molar-refractivity contribution in [1.82, 2.24) is 10.2 Å². The molecule has 0 unspecified atom stereocenters. The van der Waals surface area contributed by atoms with E-state index in [2.05, 4.69) is 5.32 Å². The van der Waals surface area contributed by atoms with Crippen LogP contribution in [0.25, 0.3) is 0 Å². The molecule has 7 nitrogen and oxygen atoms in total. The number of hydrogen-bond donors (Lipinski definition) is 2. The molecule has 7 heteroatoms. The van der Waals surface area contributed by atoms with Crippen LogP contribution in [0.2, 0.25) is 0 Å². The number of nitrogens with zero attached hydrogens (tertiary/aromatic N) is 1. The summed E-state index contributed by atoms with van der Waals surface area (Å²) in [5.74, 6) is -1.36. The third kappa shape index (κ3) is 2.96. The van der Waals surface area contributed by atoms with Gasteiger partial charge in [-0.3, -0.25) is 14.4 Å². The zero-order chi connectivity index (χ0) is 18.3. The number of hydrogen-bond acceptors (Lipinski definition) is 4. The molecule has 138 valence electrons. The van der Waals surface area contributed by atoms with Crippen molar-refractivity contribution in [2.24, 2.45) is 11.3 Å². The number of likely N-dealkylation sites (tertiary alicyclic amines) is 1. The van der Waals surface area contributed by atoms with Gasteiger partial charge < -0.3 is 20.1 Å². The van der Waals surface area contributed by atoms with Crippen molar-refractivity contribution < 1.29 is 24.2 Å². The van der Waals surface area contributed by atoms with Crippen LogP contribution in [-0.2, 0) is 9.53 Å². The Morgan fingerprint density at radius 3 is 2.46 bits per heavy atom. The highest BCUT2D eigenvalue weighted by atomic mass is 16.5. The number of fused-ring (bicyclic) bond motifs is 1. The van der Waals surface area contributed by atoms with E-state index < -0.39 is 11.4 Å². The van der Waals surface area contributed by atoms with Crippen molar-refractivity contribution >= 4 is 17.8 Å². The highest BCUT2D eigenvalue weighted by molar-refractivity contribution is 5.98. The number of carbonyl (C=O) groups is 3. The summed E-state index contributed by atoms with van der Waals surface area (Å²) in [4.78, 5) is 38.3. The number of amides is 2. The van der Waals surface area contributed by atoms with Crippen LogP contribution in [0.3, 0.4) is 0 Å². The second-order valence-electron chi connectivity index (χ2n) is 7.49. The fourth-order valence-electron chi connectivity index (χ4n) is 3.90. The molecule has 1 saturated carbocycles. The molecule has 1 aromatic rings. The number of ether oxygens (including phenoxy) is 1. The number of aliphatic carboxylic acids is 1. The van der Waals surface area contributed by atoms with E-state index in [0.29, 0.717) is 37.3 Å². The maximum atomic E-state index is 12.8. The Morgan fingerprint density at radius 2 is 1.85 bits per heavy atom. The topological polar surface area (TPSA) is 95.9 Å². The minimum absolute atomic E-state index is 0.124. The summed E-state index contributed by atoms with van der Waals surface area (Å²) in [5, 5.41) is 12.6. The van der Waals surface area contributed by atoms with Gasteiger partial charge in [-0.05, 0) is 43.5 Å². The first-order valence-corrected chi connectivity index (χ1v) is 9.01. The van der Waals surface area contributed by atoms with Gasteiger partial charge in [0, 0.05) is 42.8 Å².